The van der Waals surface area contributed by atoms with Gasteiger partial charge >= 0.3 is 6.09 Å². The summed E-state index contributed by atoms with van der Waals surface area (Å²) >= 11 is 8.83. The van der Waals surface area contributed by atoms with E-state index in [0.29, 0.717) is 52.9 Å². The van der Waals surface area contributed by atoms with Gasteiger partial charge in [-0.25, -0.2) is 14.8 Å². The number of anilines is 1. The number of nitriles is 2. The molecule has 1 fully saturated rings. The Bertz CT molecular complexity index is 1300. The molecule has 3 heterocycles. The van der Waals surface area contributed by atoms with Crippen LogP contribution >= 0.6 is 34.7 Å². The molecule has 0 spiro atoms. The molecule has 0 aliphatic carbocycles. The number of nitrogen functional groups attached to an aromatic ring is 1. The van der Waals surface area contributed by atoms with Crippen LogP contribution in [0.3, 0.4) is 0 Å². The normalized spacial score (nSPS) is 13.9. The minimum Gasteiger partial charge on any atom is -0.465 e. The lowest BCUT2D eigenvalue weighted by Gasteiger charge is -2.31. The maximum Gasteiger partial charge on any atom is 0.407 e. The topological polar surface area (TPSA) is 140 Å². The van der Waals surface area contributed by atoms with Crippen molar-refractivity contribution in [2.75, 3.05) is 18.8 Å². The smallest absolute Gasteiger partial charge is 0.407 e. The molecule has 1 aliphatic heterocycles. The lowest BCUT2D eigenvalue weighted by atomic mass is 9.84. The van der Waals surface area contributed by atoms with Crippen LogP contribution in [-0.4, -0.2) is 39.2 Å². The Morgan fingerprint density at radius 3 is 2.50 bits per heavy atom. The van der Waals surface area contributed by atoms with Crippen molar-refractivity contribution < 1.29 is 9.90 Å². The largest absolute Gasteiger partial charge is 0.465 e. The fourth-order valence-corrected chi connectivity index (χ4v) is 5.89. The van der Waals surface area contributed by atoms with Gasteiger partial charge in [-0.3, -0.25) is 0 Å². The van der Waals surface area contributed by atoms with Crippen LogP contribution in [0.15, 0.2) is 34.7 Å². The van der Waals surface area contributed by atoms with Crippen LogP contribution in [0.1, 0.15) is 41.1 Å². The van der Waals surface area contributed by atoms with Gasteiger partial charge in [0.15, 0.2) is 0 Å². The number of aromatic nitrogens is 2. The Morgan fingerprint density at radius 2 is 1.88 bits per heavy atom. The number of hydrogen-bond acceptors (Lipinski definition) is 8. The number of thiazole rings is 1. The van der Waals surface area contributed by atoms with Gasteiger partial charge < -0.3 is 15.7 Å². The van der Waals surface area contributed by atoms with Gasteiger partial charge in [0.1, 0.15) is 28.0 Å². The molecule has 3 N–H and O–H groups in total. The summed E-state index contributed by atoms with van der Waals surface area (Å²) in [5, 5.41) is 32.8. The fourth-order valence-electron chi connectivity index (χ4n) is 3.94. The number of carboxylic acid groups (broad SMARTS) is 1. The van der Waals surface area contributed by atoms with E-state index >= 15 is 0 Å². The lowest BCUT2D eigenvalue weighted by molar-refractivity contribution is 0.132. The summed E-state index contributed by atoms with van der Waals surface area (Å²) in [6.45, 7) is 0.680. The minimum atomic E-state index is -0.966. The molecule has 172 valence electrons. The highest BCUT2D eigenvalue weighted by molar-refractivity contribution is 7.98. The van der Waals surface area contributed by atoms with Gasteiger partial charge in [-0.1, -0.05) is 35.5 Å². The number of nitrogens with zero attached hydrogens (tertiary/aromatic N) is 5. The molecule has 1 aromatic carbocycles. The second kappa shape index (κ2) is 10.3. The number of halogens is 1. The van der Waals surface area contributed by atoms with E-state index in [4.69, 9.17) is 17.3 Å². The summed E-state index contributed by atoms with van der Waals surface area (Å²) < 4.78 is 0. The number of rotatable bonds is 5. The number of thioether (sulfide) groups is 1. The van der Waals surface area contributed by atoms with E-state index in [1.807, 2.05) is 29.6 Å². The molecule has 1 aliphatic rings. The number of nitrogens with two attached hydrogens (primary N) is 1. The molecule has 1 saturated heterocycles. The Kier molecular flexibility index (Phi) is 7.23. The summed E-state index contributed by atoms with van der Waals surface area (Å²) in [4.78, 5) is 21.6. The van der Waals surface area contributed by atoms with E-state index in [1.54, 1.807) is 0 Å². The van der Waals surface area contributed by atoms with Crippen molar-refractivity contribution >= 4 is 46.6 Å². The quantitative estimate of drug-likeness (QED) is 0.438. The Balaban J connectivity index is 1.58. The maximum atomic E-state index is 11.3. The predicted molar refractivity (Wildman–Crippen MR) is 132 cm³/mol. The summed E-state index contributed by atoms with van der Waals surface area (Å²) in [7, 11) is 0. The average Bonchev–Trinajstić information content (AvgIpc) is 3.31. The van der Waals surface area contributed by atoms with Crippen molar-refractivity contribution in [2.45, 2.75) is 29.5 Å². The third-order valence-electron chi connectivity index (χ3n) is 5.63. The van der Waals surface area contributed by atoms with Crippen LogP contribution < -0.4 is 5.73 Å². The third-order valence-corrected chi connectivity index (χ3v) is 7.83. The highest BCUT2D eigenvalue weighted by Crippen LogP contribution is 2.39. The Hall–Kier alpha value is -3.31. The maximum absolute atomic E-state index is 11.3. The zero-order chi connectivity index (χ0) is 24.2. The molecule has 34 heavy (non-hydrogen) atoms. The highest BCUT2D eigenvalue weighted by Gasteiger charge is 2.30. The molecule has 2 aromatic heterocycles. The molecular formula is C23H19ClN6O2S2. The van der Waals surface area contributed by atoms with E-state index in [1.165, 1.54) is 28.0 Å². The molecule has 11 heteroatoms. The number of piperidine rings is 1. The Morgan fingerprint density at radius 1 is 1.21 bits per heavy atom. The number of benzene rings is 1. The van der Waals surface area contributed by atoms with E-state index in [0.717, 1.165) is 16.3 Å². The van der Waals surface area contributed by atoms with Crippen LogP contribution in [-0.2, 0) is 5.75 Å². The van der Waals surface area contributed by atoms with E-state index < -0.39 is 6.09 Å². The van der Waals surface area contributed by atoms with Gasteiger partial charge in [-0.15, -0.1) is 11.3 Å². The molecule has 3 aromatic rings. The number of pyridine rings is 1. The minimum absolute atomic E-state index is 0.0831. The lowest BCUT2D eigenvalue weighted by Crippen LogP contribution is -2.37. The van der Waals surface area contributed by atoms with Crippen molar-refractivity contribution in [1.82, 2.24) is 14.9 Å². The molecule has 4 rings (SSSR count). The van der Waals surface area contributed by atoms with E-state index in [9.17, 15) is 20.4 Å². The zero-order valence-corrected chi connectivity index (χ0v) is 20.3. The molecular weight excluding hydrogens is 492 g/mol. The summed E-state index contributed by atoms with van der Waals surface area (Å²) in [6, 6.07) is 11.8. The molecule has 0 radical (unpaired) electrons. The molecule has 1 amide bonds. The summed E-state index contributed by atoms with van der Waals surface area (Å²) in [5.41, 5.74) is 9.03. The standard InChI is InChI=1S/C23H19ClN6O2S2/c24-15-3-1-14(2-4-15)21-28-16(11-33-21)12-34-22-18(10-26)19(17(9-25)20(27)29-22)13-5-7-30(8-6-13)23(31)32/h1-4,11,13H,5-8,12H2,(H2,27,29)(H,31,32). The second-order valence-corrected chi connectivity index (χ2v) is 9.93. The first kappa shape index (κ1) is 23.8. The number of carbonyl (C=O) groups is 1. The summed E-state index contributed by atoms with van der Waals surface area (Å²) in [5.74, 6) is 0.425. The van der Waals surface area contributed by atoms with Gasteiger partial charge in [0.2, 0.25) is 0 Å². The monoisotopic (exact) mass is 510 g/mol. The fraction of sp³-hybridized carbons (Fsp3) is 0.261. The van der Waals surface area contributed by atoms with Gasteiger partial charge in [0.25, 0.3) is 0 Å². The van der Waals surface area contributed by atoms with Crippen LogP contribution in [0.4, 0.5) is 10.6 Å². The van der Waals surface area contributed by atoms with Crippen molar-refractivity contribution in [3.63, 3.8) is 0 Å². The zero-order valence-electron chi connectivity index (χ0n) is 17.9. The Labute approximate surface area is 209 Å². The van der Waals surface area contributed by atoms with Crippen LogP contribution in [0, 0.1) is 22.7 Å². The van der Waals surface area contributed by atoms with Crippen LogP contribution in [0.2, 0.25) is 5.02 Å². The molecule has 0 saturated carbocycles. The molecule has 8 nitrogen and oxygen atoms in total. The third kappa shape index (κ3) is 4.95. The number of hydrogen-bond donors (Lipinski definition) is 2. The van der Waals surface area contributed by atoms with Crippen LogP contribution in [0.25, 0.3) is 10.6 Å². The molecule has 0 atom stereocenters. The highest BCUT2D eigenvalue weighted by atomic mass is 35.5. The predicted octanol–water partition coefficient (Wildman–Crippen LogP) is 5.33. The van der Waals surface area contributed by atoms with E-state index in [2.05, 4.69) is 22.1 Å². The van der Waals surface area contributed by atoms with E-state index in [-0.39, 0.29) is 17.3 Å². The first-order valence-corrected chi connectivity index (χ1v) is 12.6. The van der Waals surface area contributed by atoms with Crippen molar-refractivity contribution in [2.24, 2.45) is 0 Å². The van der Waals surface area contributed by atoms with Gasteiger partial charge in [0.05, 0.1) is 16.8 Å². The average molecular weight is 511 g/mol. The number of amides is 1. The SMILES string of the molecule is N#Cc1c(N)nc(SCc2csc(-c3ccc(Cl)cc3)n2)c(C#N)c1C1CCN(C(=O)O)CC1. The summed E-state index contributed by atoms with van der Waals surface area (Å²) in [6.07, 6.45) is 0.0608. The second-order valence-electron chi connectivity index (χ2n) is 7.67. The first-order chi connectivity index (χ1) is 16.4. The van der Waals surface area contributed by atoms with Gasteiger partial charge in [0, 0.05) is 34.8 Å². The van der Waals surface area contributed by atoms with Gasteiger partial charge in [-0.2, -0.15) is 10.5 Å². The van der Waals surface area contributed by atoms with Crippen molar-refractivity contribution in [3.8, 4) is 22.7 Å². The molecule has 0 unspecified atom stereocenters. The van der Waals surface area contributed by atoms with Crippen LogP contribution in [0.5, 0.6) is 0 Å². The van der Waals surface area contributed by atoms with Crippen molar-refractivity contribution in [3.05, 3.63) is 57.1 Å². The first-order valence-electron chi connectivity index (χ1n) is 10.4. The van der Waals surface area contributed by atoms with Gasteiger partial charge in [-0.05, 0) is 36.5 Å². The molecule has 0 bridgehead atoms. The van der Waals surface area contributed by atoms with Crippen molar-refractivity contribution in [1.29, 1.82) is 10.5 Å². The number of likely N-dealkylation sites (tertiary alicyclic amines) is 1.